The Bertz CT molecular complexity index is 348. The minimum absolute atomic E-state index is 0.655. The first kappa shape index (κ1) is 11.9. The topological polar surface area (TPSA) is 21.3 Å². The van der Waals surface area contributed by atoms with Gasteiger partial charge in [0.15, 0.2) is 0 Å². The number of piperidine rings is 1. The van der Waals surface area contributed by atoms with Gasteiger partial charge in [0.2, 0.25) is 0 Å². The van der Waals surface area contributed by atoms with Gasteiger partial charge in [-0.1, -0.05) is 6.07 Å². The van der Waals surface area contributed by atoms with Crippen molar-refractivity contribution < 1.29 is 4.74 Å². The van der Waals surface area contributed by atoms with E-state index in [1.54, 1.807) is 0 Å². The van der Waals surface area contributed by atoms with Crippen LogP contribution in [-0.2, 0) is 0 Å². The van der Waals surface area contributed by atoms with Gasteiger partial charge in [-0.2, -0.15) is 0 Å². The third-order valence-corrected chi connectivity index (χ3v) is 3.58. The molecule has 1 aliphatic rings. The fraction of sp³-hybridized carbons (Fsp3) is 0.538. The van der Waals surface area contributed by atoms with E-state index >= 15 is 0 Å². The molecule has 16 heavy (non-hydrogen) atoms. The number of halogens is 1. The smallest absolute Gasteiger partial charge is 0.133 e. The summed E-state index contributed by atoms with van der Waals surface area (Å²) in [5.41, 5.74) is 1.25. The minimum atomic E-state index is 0.655. The summed E-state index contributed by atoms with van der Waals surface area (Å²) in [6.45, 7) is 5.14. The zero-order valence-corrected chi connectivity index (χ0v) is 11.2. The lowest BCUT2D eigenvalue weighted by Gasteiger charge is -2.23. The van der Waals surface area contributed by atoms with Crippen LogP contribution in [-0.4, -0.2) is 19.7 Å². The van der Waals surface area contributed by atoms with Crippen LogP contribution in [0.15, 0.2) is 22.7 Å². The normalized spacial score (nSPS) is 20.8. The van der Waals surface area contributed by atoms with Crippen LogP contribution >= 0.6 is 15.9 Å². The number of aryl methyl sites for hydroxylation is 1. The van der Waals surface area contributed by atoms with Gasteiger partial charge in [-0.25, -0.2) is 0 Å². The quantitative estimate of drug-likeness (QED) is 0.920. The maximum atomic E-state index is 5.84. The highest BCUT2D eigenvalue weighted by atomic mass is 79.9. The SMILES string of the molecule is Cc1ccc(OC[C@H]2CCCNC2)c(Br)c1. The summed E-state index contributed by atoms with van der Waals surface area (Å²) in [4.78, 5) is 0. The summed E-state index contributed by atoms with van der Waals surface area (Å²) < 4.78 is 6.90. The van der Waals surface area contributed by atoms with E-state index in [1.165, 1.54) is 18.4 Å². The largest absolute Gasteiger partial charge is 0.492 e. The number of hydrogen-bond donors (Lipinski definition) is 1. The first-order valence-corrected chi connectivity index (χ1v) is 6.64. The summed E-state index contributed by atoms with van der Waals surface area (Å²) in [5, 5.41) is 3.40. The third kappa shape index (κ3) is 3.22. The van der Waals surface area contributed by atoms with Crippen molar-refractivity contribution in [1.82, 2.24) is 5.32 Å². The van der Waals surface area contributed by atoms with Crippen molar-refractivity contribution in [2.75, 3.05) is 19.7 Å². The maximum Gasteiger partial charge on any atom is 0.133 e. The molecule has 1 heterocycles. The second-order valence-corrected chi connectivity index (χ2v) is 5.31. The number of rotatable bonds is 3. The van der Waals surface area contributed by atoms with E-state index in [0.29, 0.717) is 5.92 Å². The predicted octanol–water partition coefficient (Wildman–Crippen LogP) is 3.14. The Morgan fingerprint density at radius 3 is 3.06 bits per heavy atom. The molecule has 1 atom stereocenters. The van der Waals surface area contributed by atoms with E-state index in [2.05, 4.69) is 40.3 Å². The molecule has 1 aromatic rings. The first-order valence-electron chi connectivity index (χ1n) is 5.85. The second kappa shape index (κ2) is 5.69. The summed E-state index contributed by atoms with van der Waals surface area (Å²) in [7, 11) is 0. The van der Waals surface area contributed by atoms with E-state index in [0.717, 1.165) is 29.9 Å². The minimum Gasteiger partial charge on any atom is -0.492 e. The first-order chi connectivity index (χ1) is 7.75. The van der Waals surface area contributed by atoms with Gasteiger partial charge in [0, 0.05) is 12.5 Å². The van der Waals surface area contributed by atoms with E-state index in [9.17, 15) is 0 Å². The molecule has 3 heteroatoms. The lowest BCUT2D eigenvalue weighted by Crippen LogP contribution is -2.33. The summed E-state index contributed by atoms with van der Waals surface area (Å²) in [6.07, 6.45) is 2.54. The van der Waals surface area contributed by atoms with Crippen LogP contribution in [0.5, 0.6) is 5.75 Å². The zero-order valence-electron chi connectivity index (χ0n) is 9.63. The number of hydrogen-bond acceptors (Lipinski definition) is 2. The van der Waals surface area contributed by atoms with Crippen molar-refractivity contribution >= 4 is 15.9 Å². The van der Waals surface area contributed by atoms with Gasteiger partial charge < -0.3 is 10.1 Å². The molecule has 0 aliphatic carbocycles. The second-order valence-electron chi connectivity index (χ2n) is 4.46. The molecule has 0 aromatic heterocycles. The molecule has 1 aliphatic heterocycles. The van der Waals surface area contributed by atoms with Gasteiger partial charge in [-0.05, 0) is 59.9 Å². The van der Waals surface area contributed by atoms with Gasteiger partial charge in [-0.3, -0.25) is 0 Å². The molecule has 1 saturated heterocycles. The monoisotopic (exact) mass is 283 g/mol. The van der Waals surface area contributed by atoms with Crippen LogP contribution in [0.25, 0.3) is 0 Å². The molecule has 0 amide bonds. The molecule has 0 saturated carbocycles. The fourth-order valence-corrected chi connectivity index (χ4v) is 2.60. The zero-order chi connectivity index (χ0) is 11.4. The number of nitrogens with one attached hydrogen (secondary N) is 1. The Morgan fingerprint density at radius 2 is 2.38 bits per heavy atom. The van der Waals surface area contributed by atoms with Gasteiger partial charge in [0.25, 0.3) is 0 Å². The Kier molecular flexibility index (Phi) is 4.24. The number of ether oxygens (including phenoxy) is 1. The molecule has 1 N–H and O–H groups in total. The van der Waals surface area contributed by atoms with Gasteiger partial charge in [0.05, 0.1) is 11.1 Å². The van der Waals surface area contributed by atoms with Crippen molar-refractivity contribution in [3.63, 3.8) is 0 Å². The van der Waals surface area contributed by atoms with Gasteiger partial charge in [0.1, 0.15) is 5.75 Å². The predicted molar refractivity (Wildman–Crippen MR) is 70.0 cm³/mol. The van der Waals surface area contributed by atoms with Crippen LogP contribution < -0.4 is 10.1 Å². The molecule has 1 fully saturated rings. The Balaban J connectivity index is 1.88. The van der Waals surface area contributed by atoms with Crippen molar-refractivity contribution in [3.05, 3.63) is 28.2 Å². The molecule has 0 radical (unpaired) electrons. The molecular weight excluding hydrogens is 266 g/mol. The molecule has 2 nitrogen and oxygen atoms in total. The lowest BCUT2D eigenvalue weighted by atomic mass is 10.0. The molecule has 1 aromatic carbocycles. The highest BCUT2D eigenvalue weighted by Gasteiger charge is 2.14. The van der Waals surface area contributed by atoms with Crippen LogP contribution in [0.1, 0.15) is 18.4 Å². The molecular formula is C13H18BrNO. The van der Waals surface area contributed by atoms with Crippen molar-refractivity contribution in [3.8, 4) is 5.75 Å². The van der Waals surface area contributed by atoms with E-state index in [4.69, 9.17) is 4.74 Å². The van der Waals surface area contributed by atoms with Crippen LogP contribution in [0, 0.1) is 12.8 Å². The van der Waals surface area contributed by atoms with Crippen molar-refractivity contribution in [1.29, 1.82) is 0 Å². The highest BCUT2D eigenvalue weighted by molar-refractivity contribution is 9.10. The standard InChI is InChI=1S/C13H18BrNO/c1-10-4-5-13(12(14)7-10)16-9-11-3-2-6-15-8-11/h4-5,7,11,15H,2-3,6,8-9H2,1H3/t11-/m0/s1. The highest BCUT2D eigenvalue weighted by Crippen LogP contribution is 2.26. The van der Waals surface area contributed by atoms with E-state index in [-0.39, 0.29) is 0 Å². The average molecular weight is 284 g/mol. The van der Waals surface area contributed by atoms with Gasteiger partial charge in [-0.15, -0.1) is 0 Å². The number of benzene rings is 1. The van der Waals surface area contributed by atoms with Crippen LogP contribution in [0.3, 0.4) is 0 Å². The summed E-state index contributed by atoms with van der Waals surface area (Å²) in [6, 6.07) is 6.21. The van der Waals surface area contributed by atoms with E-state index in [1.807, 2.05) is 6.07 Å². The Morgan fingerprint density at radius 1 is 1.50 bits per heavy atom. The fourth-order valence-electron chi connectivity index (χ4n) is 2.00. The van der Waals surface area contributed by atoms with Crippen LogP contribution in [0.4, 0.5) is 0 Å². The Labute approximate surface area is 106 Å². The summed E-state index contributed by atoms with van der Waals surface area (Å²) >= 11 is 3.53. The molecule has 0 unspecified atom stereocenters. The third-order valence-electron chi connectivity index (χ3n) is 2.96. The molecule has 88 valence electrons. The van der Waals surface area contributed by atoms with E-state index < -0.39 is 0 Å². The molecule has 0 bridgehead atoms. The van der Waals surface area contributed by atoms with Crippen LogP contribution in [0.2, 0.25) is 0 Å². The lowest BCUT2D eigenvalue weighted by molar-refractivity contribution is 0.217. The maximum absolute atomic E-state index is 5.84. The van der Waals surface area contributed by atoms with Gasteiger partial charge >= 0.3 is 0 Å². The average Bonchev–Trinajstić information content (AvgIpc) is 2.29. The Hall–Kier alpha value is -0.540. The van der Waals surface area contributed by atoms with Crippen molar-refractivity contribution in [2.45, 2.75) is 19.8 Å². The molecule has 2 rings (SSSR count). The molecule has 0 spiro atoms. The summed E-state index contributed by atoms with van der Waals surface area (Å²) in [5.74, 6) is 1.61. The van der Waals surface area contributed by atoms with Crippen molar-refractivity contribution in [2.24, 2.45) is 5.92 Å².